The van der Waals surface area contributed by atoms with Gasteiger partial charge in [0, 0.05) is 0 Å². The van der Waals surface area contributed by atoms with Crippen molar-refractivity contribution in [1.29, 1.82) is 0 Å². The summed E-state index contributed by atoms with van der Waals surface area (Å²) in [6.45, 7) is 6.17. The number of rotatable bonds is 10. The molecule has 27 heavy (non-hydrogen) atoms. The van der Waals surface area contributed by atoms with Gasteiger partial charge in [-0.1, -0.05) is 38.1 Å². The van der Waals surface area contributed by atoms with Gasteiger partial charge < -0.3 is 9.47 Å². The van der Waals surface area contributed by atoms with Crippen molar-refractivity contribution in [3.05, 3.63) is 66.7 Å². The Bertz CT molecular complexity index is 876. The van der Waals surface area contributed by atoms with Crippen LogP contribution in [-0.4, -0.2) is 27.6 Å². The van der Waals surface area contributed by atoms with Gasteiger partial charge in [0.25, 0.3) is 10.0 Å². The number of para-hydroxylation sites is 1. The van der Waals surface area contributed by atoms with Gasteiger partial charge in [-0.3, -0.25) is 4.72 Å². The molecule has 0 heterocycles. The summed E-state index contributed by atoms with van der Waals surface area (Å²) in [5, 5.41) is 0. The van der Waals surface area contributed by atoms with Crippen LogP contribution in [0.25, 0.3) is 0 Å². The number of hydrogen-bond donors (Lipinski definition) is 1. The molecule has 0 atom stereocenters. The van der Waals surface area contributed by atoms with Crippen LogP contribution in [0, 0.1) is 0 Å². The molecule has 6 nitrogen and oxygen atoms in total. The first-order valence-corrected chi connectivity index (χ1v) is 10.1. The monoisotopic (exact) mass is 389 g/mol. The molecule has 0 fully saturated rings. The van der Waals surface area contributed by atoms with E-state index in [2.05, 4.69) is 18.2 Å². The predicted octanol–water partition coefficient (Wildman–Crippen LogP) is 4.01. The van der Waals surface area contributed by atoms with Crippen LogP contribution in [0.5, 0.6) is 5.75 Å². The third-order valence-electron chi connectivity index (χ3n) is 3.62. The van der Waals surface area contributed by atoms with Crippen molar-refractivity contribution in [3.8, 4) is 5.75 Å². The highest BCUT2D eigenvalue weighted by Gasteiger charge is 2.19. The molecule has 0 spiro atoms. The van der Waals surface area contributed by atoms with Gasteiger partial charge in [-0.2, -0.15) is 0 Å². The molecule has 0 aliphatic carbocycles. The lowest BCUT2D eigenvalue weighted by atomic mass is 10.2. The van der Waals surface area contributed by atoms with Crippen molar-refractivity contribution in [3.63, 3.8) is 0 Å². The van der Waals surface area contributed by atoms with E-state index >= 15 is 0 Å². The maximum atomic E-state index is 12.6. The maximum Gasteiger partial charge on any atom is 0.340 e. The van der Waals surface area contributed by atoms with Crippen molar-refractivity contribution >= 4 is 21.7 Å². The van der Waals surface area contributed by atoms with Gasteiger partial charge in [-0.25, -0.2) is 13.2 Å². The van der Waals surface area contributed by atoms with Crippen LogP contribution in [0.1, 0.15) is 30.1 Å². The first-order valence-electron chi connectivity index (χ1n) is 8.60. The minimum atomic E-state index is -3.87. The fourth-order valence-corrected chi connectivity index (χ4v) is 3.30. The fraction of sp³-hybridized carbons (Fsp3) is 0.250. The number of carbonyl (C=O) groups excluding carboxylic acids is 1. The highest BCUT2D eigenvalue weighted by Crippen LogP contribution is 2.22. The van der Waals surface area contributed by atoms with E-state index in [1.807, 2.05) is 0 Å². The van der Waals surface area contributed by atoms with Gasteiger partial charge >= 0.3 is 5.97 Å². The number of benzene rings is 2. The first-order chi connectivity index (χ1) is 13.0. The van der Waals surface area contributed by atoms with Gasteiger partial charge in [-0.05, 0) is 42.8 Å². The molecule has 144 valence electrons. The minimum Gasteiger partial charge on any atom is -0.494 e. The molecule has 2 aromatic rings. The third kappa shape index (κ3) is 5.86. The molecule has 7 heteroatoms. The highest BCUT2D eigenvalue weighted by molar-refractivity contribution is 7.92. The molecule has 0 aliphatic heterocycles. The number of unbranched alkanes of at least 4 members (excludes halogenated alkanes) is 1. The number of sulfonamides is 1. The summed E-state index contributed by atoms with van der Waals surface area (Å²) < 4.78 is 38.2. The molecule has 0 unspecified atom stereocenters. The Kier molecular flexibility index (Phi) is 7.43. The summed E-state index contributed by atoms with van der Waals surface area (Å²) in [5.74, 6) is -0.0244. The second kappa shape index (κ2) is 9.78. The molecule has 0 bridgehead atoms. The van der Waals surface area contributed by atoms with Crippen molar-refractivity contribution in [1.82, 2.24) is 0 Å². The van der Waals surface area contributed by atoms with E-state index in [1.54, 1.807) is 24.3 Å². The lowest BCUT2D eigenvalue weighted by molar-refractivity contribution is 0.0551. The molecule has 0 amide bonds. The summed E-state index contributed by atoms with van der Waals surface area (Å²) in [7, 11) is -3.87. The second-order valence-electron chi connectivity index (χ2n) is 5.71. The number of hydrogen-bond acceptors (Lipinski definition) is 5. The smallest absolute Gasteiger partial charge is 0.340 e. The molecular weight excluding hydrogens is 366 g/mol. The van der Waals surface area contributed by atoms with Gasteiger partial charge in [0.2, 0.25) is 0 Å². The zero-order valence-electron chi connectivity index (χ0n) is 15.2. The van der Waals surface area contributed by atoms with Crippen LogP contribution in [-0.2, 0) is 14.8 Å². The lowest BCUT2D eigenvalue weighted by Gasteiger charge is -2.12. The fourth-order valence-electron chi connectivity index (χ4n) is 2.22. The number of esters is 1. The normalized spacial score (nSPS) is 10.9. The van der Waals surface area contributed by atoms with Gasteiger partial charge in [-0.15, -0.1) is 0 Å². The van der Waals surface area contributed by atoms with E-state index in [-0.39, 0.29) is 22.8 Å². The number of anilines is 1. The average Bonchev–Trinajstić information content (AvgIpc) is 2.67. The quantitative estimate of drug-likeness (QED) is 0.377. The van der Waals surface area contributed by atoms with E-state index in [4.69, 9.17) is 9.47 Å². The van der Waals surface area contributed by atoms with Crippen LogP contribution >= 0.6 is 0 Å². The van der Waals surface area contributed by atoms with Crippen LogP contribution in [0.4, 0.5) is 5.69 Å². The Morgan fingerprint density at radius 3 is 2.52 bits per heavy atom. The van der Waals surface area contributed by atoms with Gasteiger partial charge in [0.05, 0.1) is 22.8 Å². The predicted molar refractivity (Wildman–Crippen MR) is 105 cm³/mol. The molecule has 2 rings (SSSR count). The van der Waals surface area contributed by atoms with Crippen molar-refractivity contribution in [2.24, 2.45) is 0 Å². The zero-order chi connectivity index (χ0) is 19.7. The van der Waals surface area contributed by atoms with Gasteiger partial charge in [0.1, 0.15) is 12.4 Å². The minimum absolute atomic E-state index is 0.0411. The number of carbonyl (C=O) groups is 1. The van der Waals surface area contributed by atoms with E-state index in [9.17, 15) is 13.2 Å². The summed E-state index contributed by atoms with van der Waals surface area (Å²) >= 11 is 0. The van der Waals surface area contributed by atoms with E-state index < -0.39 is 16.0 Å². The Morgan fingerprint density at radius 1 is 1.15 bits per heavy atom. The van der Waals surface area contributed by atoms with E-state index in [0.29, 0.717) is 12.4 Å². The van der Waals surface area contributed by atoms with E-state index in [1.165, 1.54) is 30.3 Å². The molecule has 1 N–H and O–H groups in total. The van der Waals surface area contributed by atoms with Crippen LogP contribution in [0.2, 0.25) is 0 Å². The van der Waals surface area contributed by atoms with Crippen molar-refractivity contribution in [2.75, 3.05) is 17.9 Å². The van der Waals surface area contributed by atoms with Crippen molar-refractivity contribution in [2.45, 2.75) is 24.7 Å². The van der Waals surface area contributed by atoms with Gasteiger partial charge in [0.15, 0.2) is 0 Å². The average molecular weight is 389 g/mol. The van der Waals surface area contributed by atoms with Crippen LogP contribution in [0.15, 0.2) is 66.1 Å². The Hall–Kier alpha value is -2.80. The van der Waals surface area contributed by atoms with E-state index in [0.717, 1.165) is 12.8 Å². The summed E-state index contributed by atoms with van der Waals surface area (Å²) in [6, 6.07) is 12.4. The zero-order valence-corrected chi connectivity index (χ0v) is 16.0. The summed E-state index contributed by atoms with van der Waals surface area (Å²) in [4.78, 5) is 12.2. The Morgan fingerprint density at radius 2 is 1.85 bits per heavy atom. The molecule has 0 aliphatic rings. The maximum absolute atomic E-state index is 12.6. The lowest BCUT2D eigenvalue weighted by Crippen LogP contribution is -2.16. The third-order valence-corrected chi connectivity index (χ3v) is 5.01. The largest absolute Gasteiger partial charge is 0.494 e. The molecular formula is C20H23NO5S. The first kappa shape index (κ1) is 20.5. The number of ether oxygens (including phenoxy) is 2. The molecule has 0 saturated heterocycles. The summed E-state index contributed by atoms with van der Waals surface area (Å²) in [6.07, 6.45) is 3.39. The Balaban J connectivity index is 2.16. The summed E-state index contributed by atoms with van der Waals surface area (Å²) in [5.41, 5.74) is 0.275. The van der Waals surface area contributed by atoms with Crippen LogP contribution in [0.3, 0.4) is 0 Å². The molecule has 2 aromatic carbocycles. The second-order valence-corrected chi connectivity index (χ2v) is 7.39. The molecule has 0 radical (unpaired) electrons. The highest BCUT2D eigenvalue weighted by atomic mass is 32.2. The van der Waals surface area contributed by atoms with Crippen LogP contribution < -0.4 is 9.46 Å². The van der Waals surface area contributed by atoms with Crippen molar-refractivity contribution < 1.29 is 22.7 Å². The Labute approximate surface area is 159 Å². The molecule has 0 aromatic heterocycles. The standard InChI is InChI=1S/C20H23NO5S/c1-3-5-15-25-16-10-12-17(13-11-16)27(23,24)21-19-9-7-6-8-18(19)20(22)26-14-4-2/h4,6-13,21H,2-3,5,14-15H2,1H3. The number of nitrogens with one attached hydrogen (secondary N) is 1. The molecule has 0 saturated carbocycles. The topological polar surface area (TPSA) is 81.7 Å². The SMILES string of the molecule is C=CCOC(=O)c1ccccc1NS(=O)(=O)c1ccc(OCCCC)cc1.